The highest BCUT2D eigenvalue weighted by Crippen LogP contribution is 2.33. The second-order valence-electron chi connectivity index (χ2n) is 3.98. The molecule has 1 atom stereocenters. The Kier molecular flexibility index (Phi) is 3.21. The lowest BCUT2D eigenvalue weighted by Crippen LogP contribution is -2.16. The van der Waals surface area contributed by atoms with E-state index in [1.165, 1.54) is 12.3 Å². The highest BCUT2D eigenvalue weighted by Gasteiger charge is 2.33. The standard InChI is InChI=1S/C12H12F3N3/c1-7(16-2)11-17-6-8-4-3-5-9(10(8)18-11)12(13,14)15/h3-7,16H,1-2H3. The first-order chi connectivity index (χ1) is 8.43. The number of halogens is 3. The molecule has 0 aliphatic rings. The molecule has 1 aromatic carbocycles. The molecule has 0 saturated heterocycles. The van der Waals surface area contributed by atoms with Crippen LogP contribution in [-0.4, -0.2) is 17.0 Å². The quantitative estimate of drug-likeness (QED) is 0.896. The third-order valence-corrected chi connectivity index (χ3v) is 2.76. The van der Waals surface area contributed by atoms with E-state index >= 15 is 0 Å². The maximum Gasteiger partial charge on any atom is 0.418 e. The molecule has 1 aromatic heterocycles. The molecule has 0 amide bonds. The zero-order chi connectivity index (χ0) is 13.3. The van der Waals surface area contributed by atoms with Gasteiger partial charge in [0.05, 0.1) is 17.1 Å². The maximum absolute atomic E-state index is 12.9. The molecule has 0 bridgehead atoms. The minimum atomic E-state index is -4.41. The Morgan fingerprint density at radius 3 is 2.61 bits per heavy atom. The van der Waals surface area contributed by atoms with Crippen LogP contribution in [0.2, 0.25) is 0 Å². The van der Waals surface area contributed by atoms with Crippen molar-refractivity contribution in [2.24, 2.45) is 0 Å². The van der Waals surface area contributed by atoms with Crippen LogP contribution < -0.4 is 5.32 Å². The van der Waals surface area contributed by atoms with E-state index in [0.29, 0.717) is 11.2 Å². The largest absolute Gasteiger partial charge is 0.418 e. The lowest BCUT2D eigenvalue weighted by Gasteiger charge is -2.12. The fourth-order valence-electron chi connectivity index (χ4n) is 1.64. The van der Waals surface area contributed by atoms with Gasteiger partial charge in [-0.1, -0.05) is 12.1 Å². The topological polar surface area (TPSA) is 37.8 Å². The summed E-state index contributed by atoms with van der Waals surface area (Å²) in [4.78, 5) is 8.08. The van der Waals surface area contributed by atoms with Gasteiger partial charge in [0.1, 0.15) is 5.82 Å². The van der Waals surface area contributed by atoms with Crippen molar-refractivity contribution >= 4 is 10.9 Å². The van der Waals surface area contributed by atoms with Gasteiger partial charge in [-0.05, 0) is 20.0 Å². The van der Waals surface area contributed by atoms with Crippen LogP contribution in [0.1, 0.15) is 24.4 Å². The second-order valence-corrected chi connectivity index (χ2v) is 3.98. The average Bonchev–Trinajstić information content (AvgIpc) is 2.35. The smallest absolute Gasteiger partial charge is 0.311 e. The first-order valence-corrected chi connectivity index (χ1v) is 5.43. The molecule has 1 heterocycles. The van der Waals surface area contributed by atoms with E-state index in [-0.39, 0.29) is 11.6 Å². The molecular weight excluding hydrogens is 243 g/mol. The summed E-state index contributed by atoms with van der Waals surface area (Å²) in [7, 11) is 1.70. The van der Waals surface area contributed by atoms with Gasteiger partial charge in [-0.3, -0.25) is 0 Å². The molecule has 96 valence electrons. The van der Waals surface area contributed by atoms with E-state index in [1.54, 1.807) is 20.0 Å². The van der Waals surface area contributed by atoms with Gasteiger partial charge in [0.15, 0.2) is 0 Å². The number of nitrogens with zero attached hydrogens (tertiary/aromatic N) is 2. The fourth-order valence-corrected chi connectivity index (χ4v) is 1.64. The summed E-state index contributed by atoms with van der Waals surface area (Å²) in [5.41, 5.74) is -0.788. The molecule has 2 rings (SSSR count). The number of benzene rings is 1. The zero-order valence-electron chi connectivity index (χ0n) is 9.92. The number of hydrogen-bond acceptors (Lipinski definition) is 3. The van der Waals surface area contributed by atoms with Crippen LogP contribution in [0, 0.1) is 0 Å². The SMILES string of the molecule is CNC(C)c1ncc2cccc(C(F)(F)F)c2n1. The molecule has 1 unspecified atom stereocenters. The maximum atomic E-state index is 12.9. The number of fused-ring (bicyclic) bond motifs is 1. The highest BCUT2D eigenvalue weighted by atomic mass is 19.4. The van der Waals surface area contributed by atoms with E-state index < -0.39 is 11.7 Å². The minimum absolute atomic E-state index is 0.0582. The average molecular weight is 255 g/mol. The van der Waals surface area contributed by atoms with E-state index in [1.807, 2.05) is 0 Å². The Morgan fingerprint density at radius 1 is 1.28 bits per heavy atom. The summed E-state index contributed by atoms with van der Waals surface area (Å²) >= 11 is 0. The van der Waals surface area contributed by atoms with Crippen molar-refractivity contribution in [3.8, 4) is 0 Å². The first kappa shape index (κ1) is 12.8. The number of para-hydroxylation sites is 1. The van der Waals surface area contributed by atoms with Crippen molar-refractivity contribution in [3.63, 3.8) is 0 Å². The molecule has 0 aliphatic heterocycles. The Bertz CT molecular complexity index is 566. The van der Waals surface area contributed by atoms with Gasteiger partial charge < -0.3 is 5.32 Å². The van der Waals surface area contributed by atoms with Crippen LogP contribution in [0.25, 0.3) is 10.9 Å². The molecule has 0 spiro atoms. The summed E-state index contributed by atoms with van der Waals surface area (Å²) in [6, 6.07) is 3.76. The predicted molar refractivity (Wildman–Crippen MR) is 62.0 cm³/mol. The third kappa shape index (κ3) is 2.28. The molecule has 18 heavy (non-hydrogen) atoms. The van der Waals surface area contributed by atoms with E-state index in [2.05, 4.69) is 15.3 Å². The molecule has 3 nitrogen and oxygen atoms in total. The molecule has 0 aliphatic carbocycles. The number of hydrogen-bond donors (Lipinski definition) is 1. The number of alkyl halides is 3. The number of aromatic nitrogens is 2. The highest BCUT2D eigenvalue weighted by molar-refractivity contribution is 5.81. The first-order valence-electron chi connectivity index (χ1n) is 5.43. The van der Waals surface area contributed by atoms with Crippen LogP contribution in [0.3, 0.4) is 0 Å². The molecule has 6 heteroatoms. The number of rotatable bonds is 2. The molecule has 0 radical (unpaired) electrons. The van der Waals surface area contributed by atoms with Crippen molar-refractivity contribution in [3.05, 3.63) is 35.8 Å². The van der Waals surface area contributed by atoms with E-state index in [9.17, 15) is 13.2 Å². The summed E-state index contributed by atoms with van der Waals surface area (Å²) < 4.78 is 38.6. The van der Waals surface area contributed by atoms with Crippen LogP contribution in [-0.2, 0) is 6.18 Å². The molecular formula is C12H12F3N3. The van der Waals surface area contributed by atoms with Crippen LogP contribution in [0.5, 0.6) is 0 Å². The summed E-state index contributed by atoms with van der Waals surface area (Å²) in [5, 5.41) is 3.28. The van der Waals surface area contributed by atoms with Gasteiger partial charge in [-0.2, -0.15) is 13.2 Å². The van der Waals surface area contributed by atoms with Crippen molar-refractivity contribution in [2.75, 3.05) is 7.05 Å². The summed E-state index contributed by atoms with van der Waals surface area (Å²) in [6.45, 7) is 1.79. The summed E-state index contributed by atoms with van der Waals surface area (Å²) in [5.74, 6) is 0.349. The van der Waals surface area contributed by atoms with Gasteiger partial charge in [0, 0.05) is 11.6 Å². The normalized spacial score (nSPS) is 13.8. The molecule has 1 N–H and O–H groups in total. The van der Waals surface area contributed by atoms with E-state index in [4.69, 9.17) is 0 Å². The monoisotopic (exact) mass is 255 g/mol. The number of nitrogens with one attached hydrogen (secondary N) is 1. The lowest BCUT2D eigenvalue weighted by atomic mass is 10.1. The van der Waals surface area contributed by atoms with Crippen molar-refractivity contribution in [1.29, 1.82) is 0 Å². The molecule has 0 fully saturated rings. The predicted octanol–water partition coefficient (Wildman–Crippen LogP) is 2.93. The van der Waals surface area contributed by atoms with Gasteiger partial charge >= 0.3 is 6.18 Å². The Labute approximate surface area is 102 Å². The Hall–Kier alpha value is -1.69. The van der Waals surface area contributed by atoms with Crippen molar-refractivity contribution in [1.82, 2.24) is 15.3 Å². The van der Waals surface area contributed by atoms with Crippen LogP contribution >= 0.6 is 0 Å². The second kappa shape index (κ2) is 4.53. The van der Waals surface area contributed by atoms with E-state index in [0.717, 1.165) is 6.07 Å². The zero-order valence-corrected chi connectivity index (χ0v) is 9.92. The third-order valence-electron chi connectivity index (χ3n) is 2.76. The van der Waals surface area contributed by atoms with Crippen molar-refractivity contribution in [2.45, 2.75) is 19.1 Å². The van der Waals surface area contributed by atoms with Gasteiger partial charge in [-0.25, -0.2) is 9.97 Å². The van der Waals surface area contributed by atoms with Crippen LogP contribution in [0.4, 0.5) is 13.2 Å². The van der Waals surface area contributed by atoms with Gasteiger partial charge in [-0.15, -0.1) is 0 Å². The van der Waals surface area contributed by atoms with Gasteiger partial charge in [0.25, 0.3) is 0 Å². The van der Waals surface area contributed by atoms with Crippen LogP contribution in [0.15, 0.2) is 24.4 Å². The Morgan fingerprint density at radius 2 is 2.00 bits per heavy atom. The molecule has 0 saturated carbocycles. The van der Waals surface area contributed by atoms with Gasteiger partial charge in [0.2, 0.25) is 0 Å². The minimum Gasteiger partial charge on any atom is -0.311 e. The van der Waals surface area contributed by atoms with Crippen molar-refractivity contribution < 1.29 is 13.2 Å². The Balaban J connectivity index is 2.66. The summed E-state index contributed by atoms with van der Waals surface area (Å²) in [6.07, 6.45) is -2.99. The molecule has 2 aromatic rings. The fraction of sp³-hybridized carbons (Fsp3) is 0.333. The lowest BCUT2D eigenvalue weighted by molar-refractivity contribution is -0.136.